The molecule has 2 atom stereocenters. The smallest absolute Gasteiger partial charge is 0.224 e. The first-order valence-corrected chi connectivity index (χ1v) is 7.78. The normalized spacial score (nSPS) is 19.6. The number of nitrogens with one attached hydrogen (secondary N) is 2. The first kappa shape index (κ1) is 15.8. The van der Waals surface area contributed by atoms with Crippen molar-refractivity contribution in [1.82, 2.24) is 20.1 Å². The van der Waals surface area contributed by atoms with E-state index < -0.39 is 11.6 Å². The quantitative estimate of drug-likeness (QED) is 0.824. The van der Waals surface area contributed by atoms with Crippen molar-refractivity contribution in [2.24, 2.45) is 5.92 Å². The molecular formula is C15H16F2N4OS. The third-order valence-electron chi connectivity index (χ3n) is 4.07. The summed E-state index contributed by atoms with van der Waals surface area (Å²) in [6.07, 6.45) is 0.636. The average molecular weight is 338 g/mol. The van der Waals surface area contributed by atoms with Gasteiger partial charge in [0.15, 0.2) is 22.2 Å². The SMILES string of the molecule is CCn1c(CNC(=O)[C@@H]2C[C@H]2c2ccc(F)c(F)c2)n[nH]c1=S. The van der Waals surface area contributed by atoms with E-state index in [1.54, 1.807) is 4.57 Å². The van der Waals surface area contributed by atoms with Gasteiger partial charge in [-0.15, -0.1) is 0 Å². The highest BCUT2D eigenvalue weighted by molar-refractivity contribution is 7.71. The van der Waals surface area contributed by atoms with E-state index in [0.29, 0.717) is 29.1 Å². The Balaban J connectivity index is 1.60. The van der Waals surface area contributed by atoms with Crippen LogP contribution in [0, 0.1) is 22.3 Å². The summed E-state index contributed by atoms with van der Waals surface area (Å²) in [6, 6.07) is 3.78. The lowest BCUT2D eigenvalue weighted by Gasteiger charge is -2.06. The number of halogens is 2. The molecule has 0 saturated heterocycles. The Labute approximate surface area is 136 Å². The molecule has 122 valence electrons. The van der Waals surface area contributed by atoms with Crippen LogP contribution in [-0.4, -0.2) is 20.7 Å². The van der Waals surface area contributed by atoms with Gasteiger partial charge in [-0.05, 0) is 49.2 Å². The summed E-state index contributed by atoms with van der Waals surface area (Å²) in [6.45, 7) is 2.89. The first-order chi connectivity index (χ1) is 11.0. The molecule has 8 heteroatoms. The molecule has 1 fully saturated rings. The maximum atomic E-state index is 13.3. The van der Waals surface area contributed by atoms with Gasteiger partial charge in [0.25, 0.3) is 0 Å². The van der Waals surface area contributed by atoms with Crippen molar-refractivity contribution >= 4 is 18.1 Å². The van der Waals surface area contributed by atoms with E-state index in [2.05, 4.69) is 15.5 Å². The van der Waals surface area contributed by atoms with Crippen LogP contribution in [0.3, 0.4) is 0 Å². The van der Waals surface area contributed by atoms with Crippen molar-refractivity contribution in [2.45, 2.75) is 32.4 Å². The van der Waals surface area contributed by atoms with Crippen LogP contribution in [-0.2, 0) is 17.9 Å². The lowest BCUT2D eigenvalue weighted by Crippen LogP contribution is -2.26. The Kier molecular flexibility index (Phi) is 4.25. The molecule has 2 N–H and O–H groups in total. The number of hydrogen-bond donors (Lipinski definition) is 2. The van der Waals surface area contributed by atoms with Gasteiger partial charge in [0.1, 0.15) is 0 Å². The lowest BCUT2D eigenvalue weighted by atomic mass is 10.1. The minimum Gasteiger partial charge on any atom is -0.349 e. The van der Waals surface area contributed by atoms with E-state index in [1.165, 1.54) is 6.07 Å². The minimum absolute atomic E-state index is 0.0582. The molecule has 0 aliphatic heterocycles. The first-order valence-electron chi connectivity index (χ1n) is 7.38. The van der Waals surface area contributed by atoms with Crippen molar-refractivity contribution in [1.29, 1.82) is 0 Å². The number of aromatic amines is 1. The maximum Gasteiger partial charge on any atom is 0.224 e. The number of rotatable bonds is 5. The predicted octanol–water partition coefficient (Wildman–Crippen LogP) is 2.66. The molecule has 1 aliphatic carbocycles. The van der Waals surface area contributed by atoms with Crippen LogP contribution in [0.15, 0.2) is 18.2 Å². The molecule has 0 unspecified atom stereocenters. The number of H-pyrrole nitrogens is 1. The van der Waals surface area contributed by atoms with E-state index >= 15 is 0 Å². The van der Waals surface area contributed by atoms with Gasteiger partial charge in [0, 0.05) is 12.5 Å². The number of benzene rings is 1. The number of amides is 1. The minimum atomic E-state index is -0.882. The van der Waals surface area contributed by atoms with Gasteiger partial charge in [0.2, 0.25) is 5.91 Å². The largest absolute Gasteiger partial charge is 0.349 e. The number of aromatic nitrogens is 3. The Morgan fingerprint density at radius 1 is 1.48 bits per heavy atom. The van der Waals surface area contributed by atoms with Gasteiger partial charge < -0.3 is 9.88 Å². The van der Waals surface area contributed by atoms with Crippen LogP contribution < -0.4 is 5.32 Å². The molecule has 0 bridgehead atoms. The zero-order valence-corrected chi connectivity index (χ0v) is 13.3. The third kappa shape index (κ3) is 3.17. The summed E-state index contributed by atoms with van der Waals surface area (Å²) in [4.78, 5) is 12.2. The summed E-state index contributed by atoms with van der Waals surface area (Å²) >= 11 is 5.09. The van der Waals surface area contributed by atoms with Gasteiger partial charge in [0.05, 0.1) is 6.54 Å². The zero-order valence-electron chi connectivity index (χ0n) is 12.5. The molecule has 1 heterocycles. The fourth-order valence-electron chi connectivity index (χ4n) is 2.70. The predicted molar refractivity (Wildman–Crippen MR) is 82.1 cm³/mol. The molecule has 3 rings (SSSR count). The molecule has 5 nitrogen and oxygen atoms in total. The van der Waals surface area contributed by atoms with Crippen molar-refractivity contribution in [3.63, 3.8) is 0 Å². The van der Waals surface area contributed by atoms with E-state index in [-0.39, 0.29) is 24.3 Å². The summed E-state index contributed by atoms with van der Waals surface area (Å²) in [7, 11) is 0. The molecule has 2 aromatic rings. The highest BCUT2D eigenvalue weighted by atomic mass is 32.1. The molecule has 0 spiro atoms. The van der Waals surface area contributed by atoms with Crippen LogP contribution in [0.5, 0.6) is 0 Å². The molecule has 1 aliphatic rings. The Hall–Kier alpha value is -2.09. The van der Waals surface area contributed by atoms with Crippen molar-refractivity contribution in [3.8, 4) is 0 Å². The Morgan fingerprint density at radius 2 is 2.26 bits per heavy atom. The number of carbonyl (C=O) groups excluding carboxylic acids is 1. The van der Waals surface area contributed by atoms with Crippen LogP contribution in [0.25, 0.3) is 0 Å². The summed E-state index contributed by atoms with van der Waals surface area (Å²) in [5.74, 6) is -1.48. The van der Waals surface area contributed by atoms with Crippen LogP contribution in [0.4, 0.5) is 8.78 Å². The molecule has 0 radical (unpaired) electrons. The summed E-state index contributed by atoms with van der Waals surface area (Å²) in [5.41, 5.74) is 0.653. The van der Waals surface area contributed by atoms with Gasteiger partial charge in [-0.2, -0.15) is 5.10 Å². The van der Waals surface area contributed by atoms with Crippen LogP contribution in [0.1, 0.15) is 30.7 Å². The lowest BCUT2D eigenvalue weighted by molar-refractivity contribution is -0.122. The summed E-state index contributed by atoms with van der Waals surface area (Å²) < 4.78 is 28.5. The van der Waals surface area contributed by atoms with Gasteiger partial charge in [-0.3, -0.25) is 9.89 Å². The molecule has 23 heavy (non-hydrogen) atoms. The number of nitrogens with zero attached hydrogens (tertiary/aromatic N) is 2. The van der Waals surface area contributed by atoms with Crippen molar-refractivity contribution in [3.05, 3.63) is 46.0 Å². The fraction of sp³-hybridized carbons (Fsp3) is 0.400. The van der Waals surface area contributed by atoms with Gasteiger partial charge in [-0.25, -0.2) is 8.78 Å². The highest BCUT2D eigenvalue weighted by Gasteiger charge is 2.44. The second-order valence-electron chi connectivity index (χ2n) is 5.53. The van der Waals surface area contributed by atoms with E-state index in [1.807, 2.05) is 6.92 Å². The molecule has 1 aromatic carbocycles. The number of hydrogen-bond acceptors (Lipinski definition) is 3. The second kappa shape index (κ2) is 6.19. The Bertz CT molecular complexity index is 801. The van der Waals surface area contributed by atoms with Crippen molar-refractivity contribution < 1.29 is 13.6 Å². The van der Waals surface area contributed by atoms with E-state index in [9.17, 15) is 13.6 Å². The monoisotopic (exact) mass is 338 g/mol. The fourth-order valence-corrected chi connectivity index (χ4v) is 2.98. The van der Waals surface area contributed by atoms with E-state index in [4.69, 9.17) is 12.2 Å². The van der Waals surface area contributed by atoms with Crippen LogP contribution >= 0.6 is 12.2 Å². The number of carbonyl (C=O) groups is 1. The average Bonchev–Trinajstić information content (AvgIpc) is 3.25. The second-order valence-corrected chi connectivity index (χ2v) is 5.92. The maximum absolute atomic E-state index is 13.3. The molecule has 1 amide bonds. The van der Waals surface area contributed by atoms with Crippen LogP contribution in [0.2, 0.25) is 0 Å². The van der Waals surface area contributed by atoms with Crippen molar-refractivity contribution in [2.75, 3.05) is 0 Å². The summed E-state index contributed by atoms with van der Waals surface area (Å²) in [5, 5.41) is 9.59. The van der Waals surface area contributed by atoms with Gasteiger partial charge >= 0.3 is 0 Å². The zero-order chi connectivity index (χ0) is 16.6. The molecule has 1 aromatic heterocycles. The topological polar surface area (TPSA) is 62.7 Å². The Morgan fingerprint density at radius 3 is 2.96 bits per heavy atom. The van der Waals surface area contributed by atoms with E-state index in [0.717, 1.165) is 12.1 Å². The highest BCUT2D eigenvalue weighted by Crippen LogP contribution is 2.47. The molecular weight excluding hydrogens is 322 g/mol. The standard InChI is InChI=1S/C15H16F2N4OS/c1-2-21-13(19-20-15(21)23)7-18-14(22)10-6-9(10)8-3-4-11(16)12(17)5-8/h3-5,9-10H,2,6-7H2,1H3,(H,18,22)(H,20,23)/t9-,10+/m0/s1. The third-order valence-corrected chi connectivity index (χ3v) is 4.38. The van der Waals surface area contributed by atoms with Gasteiger partial charge in [-0.1, -0.05) is 6.07 Å². The molecule has 1 saturated carbocycles.